The highest BCUT2D eigenvalue weighted by atomic mass is 79.9. The smallest absolute Gasteiger partial charge is 0.0485 e. The molecule has 1 aromatic heterocycles. The van der Waals surface area contributed by atoms with Gasteiger partial charge in [-0.05, 0) is 58.1 Å². The Bertz CT molecular complexity index is 731. The number of rotatable bonds is 4. The van der Waals surface area contributed by atoms with Crippen LogP contribution in [0.25, 0.3) is 10.9 Å². The zero-order valence-corrected chi connectivity index (χ0v) is 13.0. The Kier molecular flexibility index (Phi) is 3.79. The lowest BCUT2D eigenvalue weighted by Gasteiger charge is -2.10. The second kappa shape index (κ2) is 5.71. The fourth-order valence-electron chi connectivity index (χ4n) is 2.40. The van der Waals surface area contributed by atoms with Crippen molar-refractivity contribution in [2.45, 2.75) is 13.5 Å². The second-order valence-electron chi connectivity index (χ2n) is 4.98. The normalized spacial score (nSPS) is 10.9. The standard InChI is InChI=1S/C17H17BrN2/c1-13-6-7-14-8-10-20(17(14)12-13)11-9-19-16-5-3-2-4-15(16)18/h2-8,10,12,19H,9,11H2,1H3. The van der Waals surface area contributed by atoms with Crippen LogP contribution in [0.3, 0.4) is 0 Å². The van der Waals surface area contributed by atoms with Gasteiger partial charge in [0.15, 0.2) is 0 Å². The molecule has 0 saturated heterocycles. The minimum absolute atomic E-state index is 0.903. The van der Waals surface area contributed by atoms with E-state index in [0.717, 1.165) is 23.2 Å². The van der Waals surface area contributed by atoms with Crippen molar-refractivity contribution in [2.24, 2.45) is 0 Å². The molecule has 3 rings (SSSR count). The van der Waals surface area contributed by atoms with Gasteiger partial charge < -0.3 is 9.88 Å². The first-order valence-corrected chi connectivity index (χ1v) is 7.57. The number of hydrogen-bond donors (Lipinski definition) is 1. The van der Waals surface area contributed by atoms with Crippen LogP contribution in [0.5, 0.6) is 0 Å². The summed E-state index contributed by atoms with van der Waals surface area (Å²) in [5, 5.41) is 4.77. The molecule has 0 saturated carbocycles. The van der Waals surface area contributed by atoms with Crippen LogP contribution in [0.4, 0.5) is 5.69 Å². The zero-order chi connectivity index (χ0) is 13.9. The predicted molar refractivity (Wildman–Crippen MR) is 89.3 cm³/mol. The summed E-state index contributed by atoms with van der Waals surface area (Å²) in [6, 6.07) is 17.0. The number of halogens is 1. The lowest BCUT2D eigenvalue weighted by molar-refractivity contribution is 0.757. The van der Waals surface area contributed by atoms with E-state index in [0.29, 0.717) is 0 Å². The van der Waals surface area contributed by atoms with Gasteiger partial charge in [-0.15, -0.1) is 0 Å². The fourth-order valence-corrected chi connectivity index (χ4v) is 2.83. The van der Waals surface area contributed by atoms with Crippen LogP contribution in [-0.4, -0.2) is 11.1 Å². The molecular formula is C17H17BrN2. The Morgan fingerprint density at radius 1 is 1.10 bits per heavy atom. The number of aromatic nitrogens is 1. The van der Waals surface area contributed by atoms with E-state index in [1.165, 1.54) is 16.5 Å². The van der Waals surface area contributed by atoms with E-state index < -0.39 is 0 Å². The van der Waals surface area contributed by atoms with Gasteiger partial charge in [-0.3, -0.25) is 0 Å². The maximum Gasteiger partial charge on any atom is 0.0485 e. The third-order valence-electron chi connectivity index (χ3n) is 3.47. The number of nitrogens with zero attached hydrogens (tertiary/aromatic N) is 1. The summed E-state index contributed by atoms with van der Waals surface area (Å²) in [4.78, 5) is 0. The Labute approximate surface area is 127 Å². The van der Waals surface area contributed by atoms with Crippen molar-refractivity contribution in [3.63, 3.8) is 0 Å². The molecule has 0 atom stereocenters. The molecule has 1 N–H and O–H groups in total. The van der Waals surface area contributed by atoms with Gasteiger partial charge in [0, 0.05) is 35.0 Å². The van der Waals surface area contributed by atoms with Crippen molar-refractivity contribution in [2.75, 3.05) is 11.9 Å². The molecule has 0 bridgehead atoms. The quantitative estimate of drug-likeness (QED) is 0.726. The maximum absolute atomic E-state index is 3.56. The molecule has 0 spiro atoms. The van der Waals surface area contributed by atoms with Crippen LogP contribution >= 0.6 is 15.9 Å². The average molecular weight is 329 g/mol. The molecule has 2 aromatic carbocycles. The Morgan fingerprint density at radius 2 is 1.95 bits per heavy atom. The molecule has 0 radical (unpaired) electrons. The van der Waals surface area contributed by atoms with E-state index in [4.69, 9.17) is 0 Å². The number of benzene rings is 2. The van der Waals surface area contributed by atoms with Gasteiger partial charge in [0.05, 0.1) is 0 Å². The van der Waals surface area contributed by atoms with E-state index in [9.17, 15) is 0 Å². The molecule has 20 heavy (non-hydrogen) atoms. The molecule has 0 fully saturated rings. The largest absolute Gasteiger partial charge is 0.382 e. The number of hydrogen-bond acceptors (Lipinski definition) is 1. The van der Waals surface area contributed by atoms with E-state index in [-0.39, 0.29) is 0 Å². The summed E-state index contributed by atoms with van der Waals surface area (Å²) in [5.74, 6) is 0. The topological polar surface area (TPSA) is 17.0 Å². The van der Waals surface area contributed by atoms with Crippen LogP contribution in [0.1, 0.15) is 5.56 Å². The number of nitrogens with one attached hydrogen (secondary N) is 1. The van der Waals surface area contributed by atoms with Crippen molar-refractivity contribution in [1.29, 1.82) is 0 Å². The molecule has 1 heterocycles. The SMILES string of the molecule is Cc1ccc2ccn(CCNc3ccccc3Br)c2c1. The highest BCUT2D eigenvalue weighted by Gasteiger charge is 2.02. The van der Waals surface area contributed by atoms with Gasteiger partial charge in [0.25, 0.3) is 0 Å². The number of fused-ring (bicyclic) bond motifs is 1. The van der Waals surface area contributed by atoms with E-state index in [2.05, 4.69) is 75.3 Å². The lowest BCUT2D eigenvalue weighted by Crippen LogP contribution is -2.09. The molecule has 0 aliphatic carbocycles. The monoisotopic (exact) mass is 328 g/mol. The zero-order valence-electron chi connectivity index (χ0n) is 11.4. The Morgan fingerprint density at radius 3 is 2.80 bits per heavy atom. The first-order chi connectivity index (χ1) is 9.74. The summed E-state index contributed by atoms with van der Waals surface area (Å²) >= 11 is 3.56. The molecule has 0 unspecified atom stereocenters. The van der Waals surface area contributed by atoms with E-state index in [1.54, 1.807) is 0 Å². The van der Waals surface area contributed by atoms with Gasteiger partial charge in [-0.2, -0.15) is 0 Å². The molecule has 3 aromatic rings. The summed E-state index contributed by atoms with van der Waals surface area (Å²) in [6.07, 6.45) is 2.16. The van der Waals surface area contributed by atoms with Gasteiger partial charge in [-0.1, -0.05) is 24.3 Å². The van der Waals surface area contributed by atoms with Crippen LogP contribution < -0.4 is 5.32 Å². The van der Waals surface area contributed by atoms with E-state index >= 15 is 0 Å². The van der Waals surface area contributed by atoms with Crippen molar-refractivity contribution < 1.29 is 0 Å². The number of para-hydroxylation sites is 1. The summed E-state index contributed by atoms with van der Waals surface area (Å²) in [7, 11) is 0. The summed E-state index contributed by atoms with van der Waals surface area (Å²) in [6.45, 7) is 3.99. The molecule has 0 aliphatic heterocycles. The average Bonchev–Trinajstić information content (AvgIpc) is 2.83. The third kappa shape index (κ3) is 2.73. The Balaban J connectivity index is 1.71. The van der Waals surface area contributed by atoms with Gasteiger partial charge >= 0.3 is 0 Å². The minimum Gasteiger partial charge on any atom is -0.382 e. The van der Waals surface area contributed by atoms with Crippen LogP contribution in [0.15, 0.2) is 59.2 Å². The number of aryl methyl sites for hydroxylation is 1. The van der Waals surface area contributed by atoms with Crippen molar-refractivity contribution in [3.8, 4) is 0 Å². The fraction of sp³-hybridized carbons (Fsp3) is 0.176. The second-order valence-corrected chi connectivity index (χ2v) is 5.83. The molecule has 0 aliphatic rings. The van der Waals surface area contributed by atoms with Gasteiger partial charge in [-0.25, -0.2) is 0 Å². The van der Waals surface area contributed by atoms with Crippen molar-refractivity contribution >= 4 is 32.5 Å². The third-order valence-corrected chi connectivity index (χ3v) is 4.16. The highest BCUT2D eigenvalue weighted by Crippen LogP contribution is 2.21. The van der Waals surface area contributed by atoms with Crippen LogP contribution in [-0.2, 0) is 6.54 Å². The van der Waals surface area contributed by atoms with Crippen LogP contribution in [0, 0.1) is 6.92 Å². The van der Waals surface area contributed by atoms with Gasteiger partial charge in [0.1, 0.15) is 0 Å². The van der Waals surface area contributed by atoms with Crippen molar-refractivity contribution in [3.05, 3.63) is 64.8 Å². The van der Waals surface area contributed by atoms with Gasteiger partial charge in [0.2, 0.25) is 0 Å². The predicted octanol–water partition coefficient (Wildman–Crippen LogP) is 4.82. The Hall–Kier alpha value is -1.74. The van der Waals surface area contributed by atoms with Crippen LogP contribution in [0.2, 0.25) is 0 Å². The number of anilines is 1. The molecule has 102 valence electrons. The first-order valence-electron chi connectivity index (χ1n) is 6.78. The summed E-state index contributed by atoms with van der Waals surface area (Å²) in [5.41, 5.74) is 3.75. The first kappa shape index (κ1) is 13.3. The molecule has 3 heteroatoms. The van der Waals surface area contributed by atoms with Crippen molar-refractivity contribution in [1.82, 2.24) is 4.57 Å². The highest BCUT2D eigenvalue weighted by molar-refractivity contribution is 9.10. The summed E-state index contributed by atoms with van der Waals surface area (Å²) < 4.78 is 3.40. The molecular weight excluding hydrogens is 312 g/mol. The molecule has 0 amide bonds. The lowest BCUT2D eigenvalue weighted by atomic mass is 10.2. The minimum atomic E-state index is 0.903. The molecule has 2 nitrogen and oxygen atoms in total. The van der Waals surface area contributed by atoms with E-state index in [1.807, 2.05) is 12.1 Å². The maximum atomic E-state index is 3.56.